The van der Waals surface area contributed by atoms with E-state index >= 15 is 0 Å². The zero-order valence-corrected chi connectivity index (χ0v) is 25.7. The van der Waals surface area contributed by atoms with Gasteiger partial charge in [-0.3, -0.25) is 4.79 Å². The Morgan fingerprint density at radius 1 is 0.851 bits per heavy atom. The van der Waals surface area contributed by atoms with Crippen LogP contribution in [0.2, 0.25) is 0 Å². The first-order valence-corrected chi connectivity index (χ1v) is 14.6. The minimum absolute atomic E-state index is 0.0335. The lowest BCUT2D eigenvalue weighted by atomic mass is 9.80. The number of alkyl halides is 9. The Kier molecular flexibility index (Phi) is 11.9. The SMILES string of the molecule is CCN(CC1CCC(CC(N)=O)CC1)c1ncc(C(F)(F)F)cc1CN(Cc1cc(C(F)(F)F)cc(C(F)(F)F)c1)/C(N)=N/N(C)N. The Labute approximate surface area is 265 Å². The molecule has 1 aromatic carbocycles. The van der Waals surface area contributed by atoms with E-state index in [-0.39, 0.29) is 35.7 Å². The molecule has 0 aliphatic heterocycles. The third-order valence-corrected chi connectivity index (χ3v) is 7.85. The van der Waals surface area contributed by atoms with Crippen molar-refractivity contribution < 1.29 is 44.3 Å². The van der Waals surface area contributed by atoms with E-state index in [9.17, 15) is 44.3 Å². The predicted molar refractivity (Wildman–Crippen MR) is 156 cm³/mol. The quantitative estimate of drug-likeness (QED) is 0.0913. The first kappa shape index (κ1) is 37.5. The van der Waals surface area contributed by atoms with Gasteiger partial charge >= 0.3 is 18.5 Å². The molecule has 0 atom stereocenters. The zero-order chi connectivity index (χ0) is 35.3. The number of amides is 1. The molecule has 1 fully saturated rings. The molecule has 47 heavy (non-hydrogen) atoms. The monoisotopic (exact) mass is 684 g/mol. The number of hydrazone groups is 1. The van der Waals surface area contributed by atoms with E-state index in [1.54, 1.807) is 11.8 Å². The number of nitrogens with zero attached hydrogens (tertiary/aromatic N) is 5. The van der Waals surface area contributed by atoms with Crippen LogP contribution in [-0.2, 0) is 36.4 Å². The number of anilines is 1. The Balaban J connectivity index is 2.04. The molecule has 2 aromatic rings. The molecule has 1 aliphatic carbocycles. The van der Waals surface area contributed by atoms with E-state index in [4.69, 9.17) is 17.3 Å². The van der Waals surface area contributed by atoms with Crippen molar-refractivity contribution in [3.63, 3.8) is 0 Å². The molecule has 0 bridgehead atoms. The number of primary amides is 1. The van der Waals surface area contributed by atoms with Gasteiger partial charge in [-0.25, -0.2) is 15.9 Å². The molecule has 262 valence electrons. The summed E-state index contributed by atoms with van der Waals surface area (Å²) >= 11 is 0. The van der Waals surface area contributed by atoms with Crippen LogP contribution >= 0.6 is 0 Å². The minimum atomic E-state index is -5.13. The summed E-state index contributed by atoms with van der Waals surface area (Å²) in [7, 11) is 1.24. The summed E-state index contributed by atoms with van der Waals surface area (Å²) in [4.78, 5) is 18.2. The maximum absolute atomic E-state index is 13.8. The van der Waals surface area contributed by atoms with Crippen LogP contribution in [0.15, 0.2) is 35.6 Å². The van der Waals surface area contributed by atoms with E-state index in [0.29, 0.717) is 31.4 Å². The molecule has 1 heterocycles. The molecule has 0 unspecified atom stereocenters. The highest BCUT2D eigenvalue weighted by atomic mass is 19.4. The van der Waals surface area contributed by atoms with E-state index in [1.165, 1.54) is 7.05 Å². The Hall–Kier alpha value is -3.96. The number of nitrogens with two attached hydrogens (primary N) is 3. The average molecular weight is 685 g/mol. The van der Waals surface area contributed by atoms with Crippen LogP contribution < -0.4 is 22.2 Å². The third kappa shape index (κ3) is 10.8. The Morgan fingerprint density at radius 2 is 1.38 bits per heavy atom. The largest absolute Gasteiger partial charge is 0.417 e. The summed E-state index contributed by atoms with van der Waals surface area (Å²) in [6, 6.07) is 1.78. The molecular formula is C29H37F9N8O. The number of benzene rings is 1. The number of hydrogen-bond acceptors (Lipinski definition) is 6. The van der Waals surface area contributed by atoms with Crippen molar-refractivity contribution in [2.75, 3.05) is 25.0 Å². The second kappa shape index (κ2) is 14.9. The fourth-order valence-corrected chi connectivity index (χ4v) is 5.62. The summed E-state index contributed by atoms with van der Waals surface area (Å²) in [6.07, 6.45) is -11.2. The number of halogens is 9. The van der Waals surface area contributed by atoms with Gasteiger partial charge in [-0.1, -0.05) is 0 Å². The van der Waals surface area contributed by atoms with Gasteiger partial charge < -0.3 is 21.3 Å². The van der Waals surface area contributed by atoms with Crippen LogP contribution in [0.25, 0.3) is 0 Å². The number of carbonyl (C=O) groups is 1. The van der Waals surface area contributed by atoms with E-state index < -0.39 is 65.7 Å². The molecule has 1 saturated carbocycles. The molecule has 1 aliphatic rings. The molecule has 18 heteroatoms. The first-order valence-electron chi connectivity index (χ1n) is 14.6. The summed E-state index contributed by atoms with van der Waals surface area (Å²) in [6.45, 7) is 1.23. The molecule has 9 nitrogen and oxygen atoms in total. The highest BCUT2D eigenvalue weighted by molar-refractivity contribution is 5.78. The number of carbonyl (C=O) groups excluding carboxylic acids is 1. The van der Waals surface area contributed by atoms with Gasteiger partial charge in [-0.2, -0.15) is 39.5 Å². The van der Waals surface area contributed by atoms with Crippen molar-refractivity contribution in [3.8, 4) is 0 Å². The number of hydrogen-bond donors (Lipinski definition) is 3. The molecule has 6 N–H and O–H groups in total. The van der Waals surface area contributed by atoms with Gasteiger partial charge in [0, 0.05) is 51.4 Å². The molecular weight excluding hydrogens is 647 g/mol. The molecule has 1 amide bonds. The molecule has 0 saturated heterocycles. The Morgan fingerprint density at radius 3 is 1.85 bits per heavy atom. The fourth-order valence-electron chi connectivity index (χ4n) is 5.62. The van der Waals surface area contributed by atoms with Gasteiger partial charge in [-0.15, -0.1) is 5.10 Å². The number of hydrazine groups is 1. The number of rotatable bonds is 11. The highest BCUT2D eigenvalue weighted by Gasteiger charge is 2.37. The van der Waals surface area contributed by atoms with Crippen LogP contribution in [0.3, 0.4) is 0 Å². The molecule has 0 spiro atoms. The van der Waals surface area contributed by atoms with Crippen LogP contribution in [0.4, 0.5) is 45.3 Å². The normalized spacial score (nSPS) is 17.8. The van der Waals surface area contributed by atoms with Gasteiger partial charge in [0.2, 0.25) is 11.9 Å². The summed E-state index contributed by atoms with van der Waals surface area (Å²) in [5.41, 5.74) is 6.59. The van der Waals surface area contributed by atoms with Crippen molar-refractivity contribution in [1.82, 2.24) is 15.0 Å². The third-order valence-electron chi connectivity index (χ3n) is 7.85. The maximum Gasteiger partial charge on any atom is 0.417 e. The van der Waals surface area contributed by atoms with Gasteiger partial charge in [0.15, 0.2) is 0 Å². The van der Waals surface area contributed by atoms with Crippen molar-refractivity contribution in [2.24, 2.45) is 34.2 Å². The fraction of sp³-hybridized carbons (Fsp3) is 0.552. The van der Waals surface area contributed by atoms with Crippen molar-refractivity contribution >= 4 is 17.7 Å². The lowest BCUT2D eigenvalue weighted by molar-refractivity contribution is -0.143. The summed E-state index contributed by atoms with van der Waals surface area (Å²) < 4.78 is 123. The van der Waals surface area contributed by atoms with Gasteiger partial charge in [0.1, 0.15) is 5.82 Å². The average Bonchev–Trinajstić information content (AvgIpc) is 2.94. The van der Waals surface area contributed by atoms with Gasteiger partial charge in [0.25, 0.3) is 0 Å². The van der Waals surface area contributed by atoms with Crippen LogP contribution in [-0.4, -0.2) is 47.0 Å². The van der Waals surface area contributed by atoms with Gasteiger partial charge in [0.05, 0.1) is 16.7 Å². The molecule has 0 radical (unpaired) electrons. The zero-order valence-electron chi connectivity index (χ0n) is 25.7. The number of pyridine rings is 1. The maximum atomic E-state index is 13.8. The lowest BCUT2D eigenvalue weighted by Gasteiger charge is -2.34. The van der Waals surface area contributed by atoms with E-state index in [1.807, 2.05) is 0 Å². The summed E-state index contributed by atoms with van der Waals surface area (Å²) in [5.74, 6) is 5.04. The van der Waals surface area contributed by atoms with Crippen molar-refractivity contribution in [2.45, 2.75) is 70.6 Å². The smallest absolute Gasteiger partial charge is 0.370 e. The second-order valence-electron chi connectivity index (χ2n) is 11.6. The van der Waals surface area contributed by atoms with Gasteiger partial charge in [-0.05, 0) is 74.3 Å². The first-order chi connectivity index (χ1) is 21.7. The number of guanidine groups is 1. The standard InChI is InChI=1S/C29H37F9N8O/c1-3-45(14-18-6-4-17(5-7-18)10-24(39)47)25-20(11-23(13-42-25)29(36,37)38)16-46(26(40)43-44(2)41)15-19-8-21(27(30,31)32)12-22(9-19)28(33,34)35/h8-9,11-13,17-18H,3-7,10,14-16,41H2,1-2H3,(H2,39,47)(H2,40,43). The van der Waals surface area contributed by atoms with Crippen LogP contribution in [0, 0.1) is 11.8 Å². The lowest BCUT2D eigenvalue weighted by Crippen LogP contribution is -2.40. The summed E-state index contributed by atoms with van der Waals surface area (Å²) in [5, 5.41) is 4.53. The molecule has 1 aromatic heterocycles. The minimum Gasteiger partial charge on any atom is -0.370 e. The second-order valence-corrected chi connectivity index (χ2v) is 11.6. The van der Waals surface area contributed by atoms with Crippen molar-refractivity contribution in [1.29, 1.82) is 0 Å². The predicted octanol–water partition coefficient (Wildman–Crippen LogP) is 5.68. The topological polar surface area (TPSA) is 130 Å². The van der Waals surface area contributed by atoms with Crippen molar-refractivity contribution in [3.05, 3.63) is 58.3 Å². The van der Waals surface area contributed by atoms with Crippen LogP contribution in [0.1, 0.15) is 66.8 Å². The number of aromatic nitrogens is 1. The molecule has 3 rings (SSSR count). The Bertz CT molecular complexity index is 1370. The highest BCUT2D eigenvalue weighted by Crippen LogP contribution is 2.38. The van der Waals surface area contributed by atoms with Crippen LogP contribution in [0.5, 0.6) is 0 Å². The van der Waals surface area contributed by atoms with E-state index in [0.717, 1.165) is 41.8 Å². The van der Waals surface area contributed by atoms with E-state index in [2.05, 4.69) is 10.1 Å².